The van der Waals surface area contributed by atoms with Gasteiger partial charge in [0.15, 0.2) is 0 Å². The van der Waals surface area contributed by atoms with E-state index >= 15 is 0 Å². The van der Waals surface area contributed by atoms with Crippen molar-refractivity contribution in [1.82, 2.24) is 0 Å². The quantitative estimate of drug-likeness (QED) is 0.655. The number of hydrogen-bond donors (Lipinski definition) is 0. The van der Waals surface area contributed by atoms with Gasteiger partial charge < -0.3 is 9.64 Å². The minimum Gasteiger partial charge on any atom is -0.497 e. The number of allylic oxidation sites excluding steroid dienone is 2. The molecule has 2 heteroatoms. The van der Waals surface area contributed by atoms with E-state index in [0.717, 1.165) is 30.0 Å². The summed E-state index contributed by atoms with van der Waals surface area (Å²) in [6.45, 7) is 10.2. The summed E-state index contributed by atoms with van der Waals surface area (Å²) in [5.74, 6) is 0.864. The van der Waals surface area contributed by atoms with Gasteiger partial charge in [0.2, 0.25) is 0 Å². The summed E-state index contributed by atoms with van der Waals surface area (Å²) in [6.07, 6.45) is 3.88. The van der Waals surface area contributed by atoms with Gasteiger partial charge in [-0.05, 0) is 54.8 Å². The summed E-state index contributed by atoms with van der Waals surface area (Å²) in [6, 6.07) is 16.8. The van der Waals surface area contributed by atoms with Crippen LogP contribution in [-0.4, -0.2) is 20.2 Å². The highest BCUT2D eigenvalue weighted by atomic mass is 16.5. The van der Waals surface area contributed by atoms with Crippen LogP contribution in [-0.2, 0) is 0 Å². The molecule has 23 heavy (non-hydrogen) atoms. The fraction of sp³-hybridized carbons (Fsp3) is 0.238. The predicted molar refractivity (Wildman–Crippen MR) is 100 cm³/mol. The molecule has 0 spiro atoms. The van der Waals surface area contributed by atoms with Gasteiger partial charge in [0.25, 0.3) is 0 Å². The van der Waals surface area contributed by atoms with Gasteiger partial charge in [0, 0.05) is 18.8 Å². The molecule has 0 aliphatic rings. The Labute approximate surface area is 139 Å². The lowest BCUT2D eigenvalue weighted by atomic mass is 9.97. The smallest absolute Gasteiger partial charge is 0.118 e. The number of hydrogen-bond acceptors (Lipinski definition) is 2. The lowest BCUT2D eigenvalue weighted by Crippen LogP contribution is -2.21. The first-order valence-corrected chi connectivity index (χ1v) is 8.06. The van der Waals surface area contributed by atoms with E-state index in [9.17, 15) is 0 Å². The average molecular weight is 307 g/mol. The molecule has 0 saturated heterocycles. The van der Waals surface area contributed by atoms with Gasteiger partial charge in [0.1, 0.15) is 5.75 Å². The standard InChI is InChI=1S/C21H25NO/c1-5-8-21(18-11-15-20(23-4)16-12-18)17-9-13-19(14-10-17)22(6-2)7-3/h5,8-16H,1,6-7H2,2-4H3/b21-8-. The summed E-state index contributed by atoms with van der Waals surface area (Å²) in [7, 11) is 1.68. The van der Waals surface area contributed by atoms with Crippen molar-refractivity contribution in [2.45, 2.75) is 13.8 Å². The highest BCUT2D eigenvalue weighted by Gasteiger charge is 2.07. The second kappa shape index (κ2) is 8.23. The van der Waals surface area contributed by atoms with E-state index in [1.807, 2.05) is 24.3 Å². The van der Waals surface area contributed by atoms with Crippen LogP contribution < -0.4 is 9.64 Å². The van der Waals surface area contributed by atoms with Crippen molar-refractivity contribution in [3.05, 3.63) is 78.4 Å². The number of anilines is 1. The van der Waals surface area contributed by atoms with Crippen LogP contribution in [0.25, 0.3) is 5.57 Å². The number of benzene rings is 2. The number of methoxy groups -OCH3 is 1. The van der Waals surface area contributed by atoms with Crippen molar-refractivity contribution >= 4 is 11.3 Å². The van der Waals surface area contributed by atoms with Crippen LogP contribution in [0.5, 0.6) is 5.75 Å². The van der Waals surface area contributed by atoms with Crippen LogP contribution in [0.3, 0.4) is 0 Å². The summed E-state index contributed by atoms with van der Waals surface area (Å²) >= 11 is 0. The van der Waals surface area contributed by atoms with Gasteiger partial charge in [-0.15, -0.1) is 0 Å². The van der Waals surface area contributed by atoms with Gasteiger partial charge >= 0.3 is 0 Å². The lowest BCUT2D eigenvalue weighted by molar-refractivity contribution is 0.415. The zero-order valence-electron chi connectivity index (χ0n) is 14.3. The number of ether oxygens (including phenoxy) is 1. The molecule has 0 heterocycles. The van der Waals surface area contributed by atoms with Crippen molar-refractivity contribution in [3.8, 4) is 5.75 Å². The van der Waals surface area contributed by atoms with Gasteiger partial charge in [-0.25, -0.2) is 0 Å². The Morgan fingerprint density at radius 2 is 1.48 bits per heavy atom. The average Bonchev–Trinajstić information content (AvgIpc) is 2.62. The Balaban J connectivity index is 2.34. The zero-order chi connectivity index (χ0) is 16.7. The van der Waals surface area contributed by atoms with Crippen LogP contribution in [0, 0.1) is 0 Å². The fourth-order valence-electron chi connectivity index (χ4n) is 2.69. The van der Waals surface area contributed by atoms with Gasteiger partial charge in [0.05, 0.1) is 7.11 Å². The normalized spacial score (nSPS) is 11.2. The molecule has 0 bridgehead atoms. The van der Waals surface area contributed by atoms with E-state index in [0.29, 0.717) is 0 Å². The zero-order valence-corrected chi connectivity index (χ0v) is 14.3. The van der Waals surface area contributed by atoms with Crippen molar-refractivity contribution in [1.29, 1.82) is 0 Å². The molecule has 120 valence electrons. The molecule has 0 amide bonds. The van der Waals surface area contributed by atoms with E-state index in [2.05, 4.69) is 61.7 Å². The highest BCUT2D eigenvalue weighted by molar-refractivity contribution is 5.81. The molecule has 0 radical (unpaired) electrons. The van der Waals surface area contributed by atoms with Crippen LogP contribution in [0.1, 0.15) is 25.0 Å². The summed E-state index contributed by atoms with van der Waals surface area (Å²) < 4.78 is 5.24. The van der Waals surface area contributed by atoms with Crippen molar-refractivity contribution < 1.29 is 4.74 Å². The first kappa shape index (κ1) is 16.9. The molecule has 0 fully saturated rings. The van der Waals surface area contributed by atoms with E-state index in [-0.39, 0.29) is 0 Å². The van der Waals surface area contributed by atoms with Crippen LogP contribution in [0.4, 0.5) is 5.69 Å². The maximum absolute atomic E-state index is 5.24. The molecule has 2 nitrogen and oxygen atoms in total. The summed E-state index contributed by atoms with van der Waals surface area (Å²) in [5.41, 5.74) is 4.76. The van der Waals surface area contributed by atoms with Gasteiger partial charge in [-0.2, -0.15) is 0 Å². The van der Waals surface area contributed by atoms with E-state index < -0.39 is 0 Å². The summed E-state index contributed by atoms with van der Waals surface area (Å²) in [5, 5.41) is 0. The maximum atomic E-state index is 5.24. The Morgan fingerprint density at radius 1 is 0.957 bits per heavy atom. The molecule has 2 aromatic rings. The Kier molecular flexibility index (Phi) is 6.04. The van der Waals surface area contributed by atoms with Gasteiger partial charge in [-0.1, -0.05) is 43.0 Å². The molecule has 0 aromatic heterocycles. The number of nitrogens with zero attached hydrogens (tertiary/aromatic N) is 1. The monoisotopic (exact) mass is 307 g/mol. The predicted octanol–water partition coefficient (Wildman–Crippen LogP) is 5.16. The largest absolute Gasteiger partial charge is 0.497 e. The molecular formula is C21H25NO. The topological polar surface area (TPSA) is 12.5 Å². The third-order valence-electron chi connectivity index (χ3n) is 3.99. The molecule has 0 saturated carbocycles. The molecule has 0 N–H and O–H groups in total. The lowest BCUT2D eigenvalue weighted by Gasteiger charge is -2.21. The Bertz CT molecular complexity index is 649. The third kappa shape index (κ3) is 4.04. The minimum absolute atomic E-state index is 0.864. The SMILES string of the molecule is C=C/C=C(\c1ccc(OC)cc1)c1ccc(N(CC)CC)cc1. The van der Waals surface area contributed by atoms with E-state index in [1.165, 1.54) is 11.3 Å². The molecule has 2 aromatic carbocycles. The van der Waals surface area contributed by atoms with Crippen LogP contribution in [0.2, 0.25) is 0 Å². The second-order valence-corrected chi connectivity index (χ2v) is 5.26. The molecule has 0 unspecified atom stereocenters. The van der Waals surface area contributed by atoms with Gasteiger partial charge in [-0.3, -0.25) is 0 Å². The Morgan fingerprint density at radius 3 is 1.91 bits per heavy atom. The van der Waals surface area contributed by atoms with Crippen molar-refractivity contribution in [2.75, 3.05) is 25.1 Å². The molecule has 2 rings (SSSR count). The maximum Gasteiger partial charge on any atom is 0.118 e. The minimum atomic E-state index is 0.864. The van der Waals surface area contributed by atoms with E-state index in [4.69, 9.17) is 4.74 Å². The van der Waals surface area contributed by atoms with Crippen LogP contribution in [0.15, 0.2) is 67.3 Å². The fourth-order valence-corrected chi connectivity index (χ4v) is 2.69. The van der Waals surface area contributed by atoms with Crippen LogP contribution >= 0.6 is 0 Å². The summed E-state index contributed by atoms with van der Waals surface area (Å²) in [4.78, 5) is 2.34. The van der Waals surface area contributed by atoms with Crippen molar-refractivity contribution in [3.63, 3.8) is 0 Å². The molecule has 0 aliphatic carbocycles. The molecule has 0 aliphatic heterocycles. The molecular weight excluding hydrogens is 282 g/mol. The van der Waals surface area contributed by atoms with Crippen molar-refractivity contribution in [2.24, 2.45) is 0 Å². The highest BCUT2D eigenvalue weighted by Crippen LogP contribution is 2.27. The van der Waals surface area contributed by atoms with E-state index in [1.54, 1.807) is 7.11 Å². The number of rotatable bonds is 7. The second-order valence-electron chi connectivity index (χ2n) is 5.26. The first-order chi connectivity index (χ1) is 11.2. The third-order valence-corrected chi connectivity index (χ3v) is 3.99. The first-order valence-electron chi connectivity index (χ1n) is 8.06. The molecule has 0 atom stereocenters. The Hall–Kier alpha value is -2.48.